The Morgan fingerprint density at radius 1 is 1.14 bits per heavy atom. The standard InChI is InChI=1S/C21H41N5O2/c1-5-28-19(17(2)3)9-10-23-21(22-4)24-11-12-25-13-15-26(16-14-25)20(27)18-7-6-8-18/h17-19H,5-16H2,1-4H3,(H2,22,23,24). The van der Waals surface area contributed by atoms with Crippen molar-refractivity contribution in [2.24, 2.45) is 16.8 Å². The van der Waals surface area contributed by atoms with Crippen LogP contribution in [0.15, 0.2) is 4.99 Å². The summed E-state index contributed by atoms with van der Waals surface area (Å²) in [5.41, 5.74) is 0. The number of rotatable bonds is 10. The third kappa shape index (κ3) is 7.24. The summed E-state index contributed by atoms with van der Waals surface area (Å²) in [6.45, 7) is 13.6. The van der Waals surface area contributed by atoms with Crippen molar-refractivity contribution in [2.45, 2.75) is 52.6 Å². The topological polar surface area (TPSA) is 69.2 Å². The normalized spacial score (nSPS) is 20.2. The quantitative estimate of drug-likeness (QED) is 0.434. The van der Waals surface area contributed by atoms with Crippen LogP contribution in [0.2, 0.25) is 0 Å². The highest BCUT2D eigenvalue weighted by molar-refractivity contribution is 5.80. The summed E-state index contributed by atoms with van der Waals surface area (Å²) >= 11 is 0. The van der Waals surface area contributed by atoms with E-state index in [0.717, 1.165) is 77.6 Å². The molecule has 28 heavy (non-hydrogen) atoms. The van der Waals surface area contributed by atoms with Crippen LogP contribution in [-0.4, -0.2) is 87.2 Å². The summed E-state index contributed by atoms with van der Waals surface area (Å²) in [5, 5.41) is 6.78. The zero-order chi connectivity index (χ0) is 20.4. The van der Waals surface area contributed by atoms with Crippen LogP contribution in [0.4, 0.5) is 0 Å². The Bertz CT molecular complexity index is 485. The molecule has 7 heteroatoms. The zero-order valence-corrected chi connectivity index (χ0v) is 18.4. The first-order valence-electron chi connectivity index (χ1n) is 11.1. The van der Waals surface area contributed by atoms with Gasteiger partial charge in [0.15, 0.2) is 5.96 Å². The molecule has 1 aliphatic carbocycles. The predicted octanol–water partition coefficient (Wildman–Crippen LogP) is 1.55. The number of guanidine groups is 1. The molecule has 1 unspecified atom stereocenters. The number of amides is 1. The van der Waals surface area contributed by atoms with Crippen LogP contribution in [0.3, 0.4) is 0 Å². The lowest BCUT2D eigenvalue weighted by Gasteiger charge is -2.38. The monoisotopic (exact) mass is 395 g/mol. The minimum atomic E-state index is 0.287. The molecule has 1 heterocycles. The number of hydrogen-bond donors (Lipinski definition) is 2. The Morgan fingerprint density at radius 3 is 2.36 bits per heavy atom. The smallest absolute Gasteiger partial charge is 0.225 e. The predicted molar refractivity (Wildman–Crippen MR) is 115 cm³/mol. The molecule has 0 spiro atoms. The van der Waals surface area contributed by atoms with E-state index in [9.17, 15) is 4.79 Å². The molecular formula is C21H41N5O2. The highest BCUT2D eigenvalue weighted by Crippen LogP contribution is 2.28. The maximum absolute atomic E-state index is 12.3. The molecule has 1 aliphatic heterocycles. The maximum atomic E-state index is 12.3. The Morgan fingerprint density at radius 2 is 1.82 bits per heavy atom. The van der Waals surface area contributed by atoms with Gasteiger partial charge in [-0.1, -0.05) is 20.3 Å². The summed E-state index contributed by atoms with van der Waals surface area (Å²) in [7, 11) is 1.81. The van der Waals surface area contributed by atoms with E-state index in [1.54, 1.807) is 0 Å². The van der Waals surface area contributed by atoms with Crippen LogP contribution < -0.4 is 10.6 Å². The van der Waals surface area contributed by atoms with Crippen LogP contribution >= 0.6 is 0 Å². The molecule has 0 aromatic heterocycles. The first-order chi connectivity index (χ1) is 13.5. The van der Waals surface area contributed by atoms with Gasteiger partial charge < -0.3 is 20.3 Å². The molecule has 1 saturated carbocycles. The number of nitrogens with zero attached hydrogens (tertiary/aromatic N) is 3. The molecule has 1 amide bonds. The van der Waals surface area contributed by atoms with Crippen LogP contribution in [0.25, 0.3) is 0 Å². The summed E-state index contributed by atoms with van der Waals surface area (Å²) in [4.78, 5) is 21.1. The lowest BCUT2D eigenvalue weighted by Crippen LogP contribution is -2.52. The van der Waals surface area contributed by atoms with Crippen molar-refractivity contribution in [3.05, 3.63) is 0 Å². The molecule has 2 rings (SSSR count). The van der Waals surface area contributed by atoms with E-state index in [4.69, 9.17) is 4.74 Å². The van der Waals surface area contributed by atoms with E-state index < -0.39 is 0 Å². The molecule has 162 valence electrons. The minimum Gasteiger partial charge on any atom is -0.378 e. The second-order valence-electron chi connectivity index (χ2n) is 8.25. The second-order valence-corrected chi connectivity index (χ2v) is 8.25. The van der Waals surface area contributed by atoms with Crippen LogP contribution in [0.1, 0.15) is 46.5 Å². The summed E-state index contributed by atoms with van der Waals surface area (Å²) in [6.07, 6.45) is 4.68. The van der Waals surface area contributed by atoms with Gasteiger partial charge in [-0.15, -0.1) is 0 Å². The Kier molecular flexibility index (Phi) is 10.1. The van der Waals surface area contributed by atoms with Gasteiger partial charge in [-0.3, -0.25) is 14.7 Å². The molecule has 0 radical (unpaired) electrons. The Labute approximate surface area is 171 Å². The minimum absolute atomic E-state index is 0.287. The largest absolute Gasteiger partial charge is 0.378 e. The number of hydrogen-bond acceptors (Lipinski definition) is 4. The summed E-state index contributed by atoms with van der Waals surface area (Å²) < 4.78 is 5.80. The van der Waals surface area contributed by atoms with Crippen molar-refractivity contribution in [1.82, 2.24) is 20.4 Å². The molecule has 0 aromatic carbocycles. The Hall–Kier alpha value is -1.34. The first-order valence-corrected chi connectivity index (χ1v) is 11.1. The molecule has 2 fully saturated rings. The van der Waals surface area contributed by atoms with Gasteiger partial charge >= 0.3 is 0 Å². The van der Waals surface area contributed by atoms with Crippen molar-refractivity contribution >= 4 is 11.9 Å². The zero-order valence-electron chi connectivity index (χ0n) is 18.4. The molecule has 2 N–H and O–H groups in total. The highest BCUT2D eigenvalue weighted by Gasteiger charge is 2.30. The molecular weight excluding hydrogens is 354 g/mol. The maximum Gasteiger partial charge on any atom is 0.225 e. The lowest BCUT2D eigenvalue weighted by atomic mass is 9.84. The number of carbonyl (C=O) groups is 1. The number of nitrogens with one attached hydrogen (secondary N) is 2. The fourth-order valence-corrected chi connectivity index (χ4v) is 3.81. The van der Waals surface area contributed by atoms with Gasteiger partial charge in [0.05, 0.1) is 6.10 Å². The van der Waals surface area contributed by atoms with E-state index in [1.165, 1.54) is 6.42 Å². The van der Waals surface area contributed by atoms with Gasteiger partial charge in [-0.25, -0.2) is 0 Å². The third-order valence-corrected chi connectivity index (χ3v) is 5.93. The van der Waals surface area contributed by atoms with E-state index >= 15 is 0 Å². The van der Waals surface area contributed by atoms with Gasteiger partial charge in [-0.2, -0.15) is 0 Å². The average molecular weight is 396 g/mol. The molecule has 1 atom stereocenters. The van der Waals surface area contributed by atoms with Crippen LogP contribution in [0, 0.1) is 11.8 Å². The molecule has 0 aromatic rings. The van der Waals surface area contributed by atoms with Crippen LogP contribution in [-0.2, 0) is 9.53 Å². The fraction of sp³-hybridized carbons (Fsp3) is 0.905. The number of carbonyl (C=O) groups excluding carboxylic acids is 1. The molecule has 1 saturated heterocycles. The fourth-order valence-electron chi connectivity index (χ4n) is 3.81. The third-order valence-electron chi connectivity index (χ3n) is 5.93. The van der Waals surface area contributed by atoms with E-state index in [-0.39, 0.29) is 6.10 Å². The van der Waals surface area contributed by atoms with Gasteiger partial charge in [0, 0.05) is 65.4 Å². The van der Waals surface area contributed by atoms with Crippen molar-refractivity contribution in [1.29, 1.82) is 0 Å². The van der Waals surface area contributed by atoms with Crippen molar-refractivity contribution in [2.75, 3.05) is 59.5 Å². The molecule has 2 aliphatic rings. The highest BCUT2D eigenvalue weighted by atomic mass is 16.5. The lowest BCUT2D eigenvalue weighted by molar-refractivity contribution is -0.139. The molecule has 7 nitrogen and oxygen atoms in total. The molecule has 0 bridgehead atoms. The average Bonchev–Trinajstić information content (AvgIpc) is 2.65. The van der Waals surface area contributed by atoms with Crippen molar-refractivity contribution in [3.63, 3.8) is 0 Å². The van der Waals surface area contributed by atoms with Gasteiger partial charge in [0.25, 0.3) is 0 Å². The number of ether oxygens (including phenoxy) is 1. The SMILES string of the molecule is CCOC(CCNC(=NC)NCCN1CCN(C(=O)C2CCC2)CC1)C(C)C. The van der Waals surface area contributed by atoms with Crippen molar-refractivity contribution in [3.8, 4) is 0 Å². The Balaban J connectivity index is 1.58. The van der Waals surface area contributed by atoms with Gasteiger partial charge in [-0.05, 0) is 32.1 Å². The van der Waals surface area contributed by atoms with Gasteiger partial charge in [0.2, 0.25) is 5.91 Å². The van der Waals surface area contributed by atoms with Crippen LogP contribution in [0.5, 0.6) is 0 Å². The summed E-state index contributed by atoms with van der Waals surface area (Å²) in [6, 6.07) is 0. The number of aliphatic imine (C=N–C) groups is 1. The van der Waals surface area contributed by atoms with E-state index in [0.29, 0.717) is 17.7 Å². The summed E-state index contributed by atoms with van der Waals surface area (Å²) in [5.74, 6) is 2.07. The van der Waals surface area contributed by atoms with E-state index in [1.807, 2.05) is 14.0 Å². The first kappa shape index (κ1) is 22.9. The number of piperazine rings is 1. The van der Waals surface area contributed by atoms with Crippen molar-refractivity contribution < 1.29 is 9.53 Å². The van der Waals surface area contributed by atoms with Gasteiger partial charge in [0.1, 0.15) is 0 Å². The van der Waals surface area contributed by atoms with E-state index in [2.05, 4.69) is 39.3 Å². The second kappa shape index (κ2) is 12.3.